The Bertz CT molecular complexity index is 202. The summed E-state index contributed by atoms with van der Waals surface area (Å²) in [5, 5.41) is 20.7. The van der Waals surface area contributed by atoms with Crippen LogP contribution in [0.5, 0.6) is 0 Å². The average Bonchev–Trinajstić information content (AvgIpc) is 2.37. The SMILES string of the molecule is C/C(=N/O)c1cn[nH]n1. The van der Waals surface area contributed by atoms with Crippen LogP contribution in [0.1, 0.15) is 12.6 Å². The Morgan fingerprint density at radius 2 is 2.67 bits per heavy atom. The zero-order valence-corrected chi connectivity index (χ0v) is 4.87. The van der Waals surface area contributed by atoms with Gasteiger partial charge in [-0.1, -0.05) is 5.16 Å². The van der Waals surface area contributed by atoms with Crippen LogP contribution in [0.15, 0.2) is 11.4 Å². The summed E-state index contributed by atoms with van der Waals surface area (Å²) in [4.78, 5) is 0. The van der Waals surface area contributed by atoms with E-state index in [1.54, 1.807) is 6.92 Å². The van der Waals surface area contributed by atoms with Crippen LogP contribution >= 0.6 is 0 Å². The lowest BCUT2D eigenvalue weighted by Gasteiger charge is -1.84. The van der Waals surface area contributed by atoms with Crippen LogP contribution < -0.4 is 0 Å². The first-order valence-corrected chi connectivity index (χ1v) is 2.39. The predicted octanol–water partition coefficient (Wildman–Crippen LogP) is 0.00290. The van der Waals surface area contributed by atoms with Gasteiger partial charge >= 0.3 is 0 Å². The van der Waals surface area contributed by atoms with E-state index in [1.807, 2.05) is 0 Å². The molecule has 0 aliphatic carbocycles. The van der Waals surface area contributed by atoms with E-state index in [0.29, 0.717) is 11.4 Å². The maximum absolute atomic E-state index is 8.21. The van der Waals surface area contributed by atoms with Crippen molar-refractivity contribution >= 4 is 5.71 Å². The molecule has 2 N–H and O–H groups in total. The number of nitrogens with one attached hydrogen (secondary N) is 1. The van der Waals surface area contributed by atoms with Gasteiger partial charge in [0.15, 0.2) is 0 Å². The molecule has 0 unspecified atom stereocenters. The number of H-pyrrole nitrogens is 1. The largest absolute Gasteiger partial charge is 0.411 e. The van der Waals surface area contributed by atoms with Gasteiger partial charge < -0.3 is 5.21 Å². The molecule has 0 fully saturated rings. The lowest BCUT2D eigenvalue weighted by Crippen LogP contribution is -1.93. The quantitative estimate of drug-likeness (QED) is 0.316. The Morgan fingerprint density at radius 3 is 3.11 bits per heavy atom. The minimum atomic E-state index is 0.448. The van der Waals surface area contributed by atoms with Gasteiger partial charge in [0.2, 0.25) is 0 Å². The third-order valence-electron chi connectivity index (χ3n) is 0.936. The molecular formula is C4H6N4O. The van der Waals surface area contributed by atoms with Crippen molar-refractivity contribution in [3.8, 4) is 0 Å². The molecule has 0 saturated heterocycles. The first-order valence-electron chi connectivity index (χ1n) is 2.39. The third kappa shape index (κ3) is 1.04. The van der Waals surface area contributed by atoms with Gasteiger partial charge in [-0.05, 0) is 6.92 Å². The Hall–Kier alpha value is -1.39. The number of hydrogen-bond donors (Lipinski definition) is 2. The first kappa shape index (κ1) is 5.74. The van der Waals surface area contributed by atoms with E-state index < -0.39 is 0 Å². The van der Waals surface area contributed by atoms with E-state index >= 15 is 0 Å². The second kappa shape index (κ2) is 2.25. The van der Waals surface area contributed by atoms with Crippen molar-refractivity contribution in [1.82, 2.24) is 15.4 Å². The Balaban J connectivity index is 2.90. The highest BCUT2D eigenvalue weighted by Gasteiger charge is 1.97. The van der Waals surface area contributed by atoms with Crippen LogP contribution in [0.2, 0.25) is 0 Å². The molecule has 5 heteroatoms. The summed E-state index contributed by atoms with van der Waals surface area (Å²) in [6.45, 7) is 1.64. The maximum atomic E-state index is 8.21. The molecule has 0 bridgehead atoms. The van der Waals surface area contributed by atoms with Crippen LogP contribution in [0, 0.1) is 0 Å². The first-order chi connectivity index (χ1) is 4.34. The molecule has 1 aromatic rings. The van der Waals surface area contributed by atoms with Gasteiger partial charge in [-0.25, -0.2) is 0 Å². The van der Waals surface area contributed by atoms with Crippen LogP contribution in [0.3, 0.4) is 0 Å². The minimum absolute atomic E-state index is 0.448. The highest BCUT2D eigenvalue weighted by atomic mass is 16.4. The minimum Gasteiger partial charge on any atom is -0.411 e. The molecule has 1 rings (SSSR count). The molecule has 0 amide bonds. The highest BCUT2D eigenvalue weighted by Crippen LogP contribution is 1.89. The molecule has 9 heavy (non-hydrogen) atoms. The molecule has 0 aliphatic heterocycles. The lowest BCUT2D eigenvalue weighted by atomic mass is 10.3. The number of nitrogens with zero attached hydrogens (tertiary/aromatic N) is 3. The summed E-state index contributed by atoms with van der Waals surface area (Å²) in [7, 11) is 0. The predicted molar refractivity (Wildman–Crippen MR) is 30.4 cm³/mol. The van der Waals surface area contributed by atoms with Crippen LogP contribution in [0.25, 0.3) is 0 Å². The van der Waals surface area contributed by atoms with Crippen molar-refractivity contribution in [2.45, 2.75) is 6.92 Å². The normalized spacial score (nSPS) is 11.9. The van der Waals surface area contributed by atoms with Crippen LogP contribution in [0.4, 0.5) is 0 Å². The maximum Gasteiger partial charge on any atom is 0.130 e. The van der Waals surface area contributed by atoms with E-state index in [1.165, 1.54) is 6.20 Å². The highest BCUT2D eigenvalue weighted by molar-refractivity contribution is 5.95. The second-order valence-electron chi connectivity index (χ2n) is 1.54. The smallest absolute Gasteiger partial charge is 0.130 e. The summed E-state index contributed by atoms with van der Waals surface area (Å²) >= 11 is 0. The molecule has 0 spiro atoms. The summed E-state index contributed by atoms with van der Waals surface area (Å²) in [6.07, 6.45) is 1.48. The van der Waals surface area contributed by atoms with Gasteiger partial charge in [0.05, 0.1) is 6.20 Å². The van der Waals surface area contributed by atoms with E-state index in [2.05, 4.69) is 20.6 Å². The summed E-state index contributed by atoms with van der Waals surface area (Å²) in [5.74, 6) is 0. The van der Waals surface area contributed by atoms with Gasteiger partial charge in [0.1, 0.15) is 11.4 Å². The fourth-order valence-electron chi connectivity index (χ4n) is 0.427. The van der Waals surface area contributed by atoms with Gasteiger partial charge in [0.25, 0.3) is 0 Å². The molecule has 0 aliphatic rings. The van der Waals surface area contributed by atoms with Crippen molar-refractivity contribution in [2.75, 3.05) is 0 Å². The van der Waals surface area contributed by atoms with Crippen molar-refractivity contribution in [3.05, 3.63) is 11.9 Å². The topological polar surface area (TPSA) is 74.2 Å². The number of rotatable bonds is 1. The van der Waals surface area contributed by atoms with Crippen molar-refractivity contribution in [2.24, 2.45) is 5.16 Å². The van der Waals surface area contributed by atoms with Crippen molar-refractivity contribution in [3.63, 3.8) is 0 Å². The molecule has 5 nitrogen and oxygen atoms in total. The second-order valence-corrected chi connectivity index (χ2v) is 1.54. The zero-order chi connectivity index (χ0) is 6.69. The molecule has 0 saturated carbocycles. The van der Waals surface area contributed by atoms with Crippen LogP contribution in [-0.4, -0.2) is 26.3 Å². The molecule has 1 aromatic heterocycles. The standard InChI is InChI=1S/C4H6N4O/c1-3(7-9)4-2-5-8-6-4/h2,9H,1H3,(H,5,6,8)/b7-3-. The molecular weight excluding hydrogens is 120 g/mol. The molecule has 0 aromatic carbocycles. The lowest BCUT2D eigenvalue weighted by molar-refractivity contribution is 0.319. The summed E-state index contributed by atoms with van der Waals surface area (Å²) in [5.41, 5.74) is 1.00. The van der Waals surface area contributed by atoms with Gasteiger partial charge in [-0.2, -0.15) is 15.4 Å². The van der Waals surface area contributed by atoms with E-state index in [9.17, 15) is 0 Å². The molecule has 0 atom stereocenters. The van der Waals surface area contributed by atoms with Gasteiger partial charge in [0, 0.05) is 0 Å². The number of aromatic amines is 1. The summed E-state index contributed by atoms with van der Waals surface area (Å²) < 4.78 is 0. The fraction of sp³-hybridized carbons (Fsp3) is 0.250. The van der Waals surface area contributed by atoms with Gasteiger partial charge in [-0.15, -0.1) is 0 Å². The Kier molecular flexibility index (Phi) is 1.44. The molecule has 0 radical (unpaired) electrons. The monoisotopic (exact) mass is 126 g/mol. The number of oxime groups is 1. The molecule has 1 heterocycles. The zero-order valence-electron chi connectivity index (χ0n) is 4.87. The fourth-order valence-corrected chi connectivity index (χ4v) is 0.427. The van der Waals surface area contributed by atoms with Crippen molar-refractivity contribution < 1.29 is 5.21 Å². The third-order valence-corrected chi connectivity index (χ3v) is 0.936. The Labute approximate surface area is 51.4 Å². The van der Waals surface area contributed by atoms with E-state index in [-0.39, 0.29) is 0 Å². The molecule has 48 valence electrons. The summed E-state index contributed by atoms with van der Waals surface area (Å²) in [6, 6.07) is 0. The van der Waals surface area contributed by atoms with Crippen LogP contribution in [-0.2, 0) is 0 Å². The van der Waals surface area contributed by atoms with Crippen molar-refractivity contribution in [1.29, 1.82) is 0 Å². The average molecular weight is 126 g/mol. The van der Waals surface area contributed by atoms with E-state index in [4.69, 9.17) is 5.21 Å². The van der Waals surface area contributed by atoms with E-state index in [0.717, 1.165) is 0 Å². The number of hydrogen-bond acceptors (Lipinski definition) is 4. The van der Waals surface area contributed by atoms with Gasteiger partial charge in [-0.3, -0.25) is 0 Å². The Morgan fingerprint density at radius 1 is 1.89 bits per heavy atom. The number of aromatic nitrogens is 3.